The zero-order valence-corrected chi connectivity index (χ0v) is 11.5. The van der Waals surface area contributed by atoms with Crippen LogP contribution < -0.4 is 11.1 Å². The molecule has 0 aliphatic rings. The third kappa shape index (κ3) is 4.03. The molecule has 1 aromatic carbocycles. The first-order valence-electron chi connectivity index (χ1n) is 6.28. The fourth-order valence-corrected chi connectivity index (χ4v) is 1.65. The Morgan fingerprint density at radius 3 is 2.67 bits per heavy atom. The van der Waals surface area contributed by atoms with E-state index in [1.807, 2.05) is 0 Å². The molecule has 1 heterocycles. The maximum absolute atomic E-state index is 11.9. The number of nitrogens with two attached hydrogens (primary N) is 1. The molecule has 110 valence electrons. The lowest BCUT2D eigenvalue weighted by Crippen LogP contribution is -2.38. The topological polar surface area (TPSA) is 117 Å². The van der Waals surface area contributed by atoms with E-state index in [4.69, 9.17) is 5.73 Å². The third-order valence-electron chi connectivity index (χ3n) is 2.85. The van der Waals surface area contributed by atoms with Gasteiger partial charge in [0.05, 0.1) is 13.1 Å². The number of hydrogen-bond donors (Lipinski definition) is 3. The van der Waals surface area contributed by atoms with Gasteiger partial charge in [-0.05, 0) is 24.3 Å². The second-order valence-electron chi connectivity index (χ2n) is 4.49. The molecule has 0 atom stereocenters. The van der Waals surface area contributed by atoms with Gasteiger partial charge in [0, 0.05) is 18.3 Å². The van der Waals surface area contributed by atoms with E-state index in [1.165, 1.54) is 11.2 Å². The molecule has 8 heteroatoms. The van der Waals surface area contributed by atoms with Crippen molar-refractivity contribution >= 4 is 17.5 Å². The number of nitrogens with one attached hydrogen (secondary N) is 2. The third-order valence-corrected chi connectivity index (χ3v) is 2.85. The summed E-state index contributed by atoms with van der Waals surface area (Å²) in [5.41, 5.74) is 6.58. The standard InChI is InChI=1S/C13H16N6O2/c1-19(7-11-16-8-17-18-11)12(20)6-15-13(21)9-2-4-10(14)5-3-9/h2-5,8H,6-7,14H2,1H3,(H,15,21)(H,16,17,18). The number of rotatable bonds is 5. The van der Waals surface area contributed by atoms with Gasteiger partial charge in [-0.1, -0.05) is 0 Å². The molecule has 0 fully saturated rings. The van der Waals surface area contributed by atoms with Gasteiger partial charge in [-0.25, -0.2) is 4.98 Å². The largest absolute Gasteiger partial charge is 0.399 e. The highest BCUT2D eigenvalue weighted by Crippen LogP contribution is 2.05. The summed E-state index contributed by atoms with van der Waals surface area (Å²) >= 11 is 0. The first-order chi connectivity index (χ1) is 10.1. The molecular formula is C13H16N6O2. The molecule has 2 rings (SSSR count). The molecule has 0 spiro atoms. The maximum atomic E-state index is 11.9. The van der Waals surface area contributed by atoms with Crippen LogP contribution in [0.4, 0.5) is 5.69 Å². The Balaban J connectivity index is 1.83. The van der Waals surface area contributed by atoms with Crippen molar-refractivity contribution in [1.82, 2.24) is 25.4 Å². The molecule has 2 aromatic rings. The summed E-state index contributed by atoms with van der Waals surface area (Å²) in [4.78, 5) is 29.1. The fourth-order valence-electron chi connectivity index (χ4n) is 1.65. The summed E-state index contributed by atoms with van der Waals surface area (Å²) in [6.07, 6.45) is 1.37. The van der Waals surface area contributed by atoms with Gasteiger partial charge in [0.2, 0.25) is 5.91 Å². The van der Waals surface area contributed by atoms with Gasteiger partial charge in [-0.15, -0.1) is 0 Å². The van der Waals surface area contributed by atoms with Crippen LogP contribution in [0, 0.1) is 0 Å². The number of anilines is 1. The van der Waals surface area contributed by atoms with Crippen molar-refractivity contribution in [3.63, 3.8) is 0 Å². The fraction of sp³-hybridized carbons (Fsp3) is 0.231. The van der Waals surface area contributed by atoms with Crippen LogP contribution in [0.1, 0.15) is 16.2 Å². The number of benzene rings is 1. The van der Waals surface area contributed by atoms with E-state index in [0.717, 1.165) is 0 Å². The van der Waals surface area contributed by atoms with Crippen LogP contribution in [0.2, 0.25) is 0 Å². The van der Waals surface area contributed by atoms with Crippen LogP contribution in [-0.4, -0.2) is 45.5 Å². The zero-order valence-electron chi connectivity index (χ0n) is 11.5. The number of nitrogen functional groups attached to an aromatic ring is 1. The Hall–Kier alpha value is -2.90. The highest BCUT2D eigenvalue weighted by atomic mass is 16.2. The van der Waals surface area contributed by atoms with Crippen LogP contribution in [0.5, 0.6) is 0 Å². The minimum absolute atomic E-state index is 0.0894. The second-order valence-corrected chi connectivity index (χ2v) is 4.49. The normalized spacial score (nSPS) is 10.1. The Morgan fingerprint density at radius 2 is 2.05 bits per heavy atom. The Morgan fingerprint density at radius 1 is 1.33 bits per heavy atom. The minimum atomic E-state index is -0.323. The van der Waals surface area contributed by atoms with E-state index in [1.54, 1.807) is 31.3 Å². The van der Waals surface area contributed by atoms with Gasteiger partial charge < -0.3 is 16.0 Å². The number of amides is 2. The molecule has 8 nitrogen and oxygen atoms in total. The van der Waals surface area contributed by atoms with E-state index >= 15 is 0 Å². The molecule has 0 bridgehead atoms. The SMILES string of the molecule is CN(Cc1ncn[nH]1)C(=O)CNC(=O)c1ccc(N)cc1. The number of likely N-dealkylation sites (N-methyl/N-ethyl adjacent to an activating group) is 1. The quantitative estimate of drug-likeness (QED) is 0.657. The summed E-state index contributed by atoms with van der Waals surface area (Å²) in [5.74, 6) is 0.0299. The summed E-state index contributed by atoms with van der Waals surface area (Å²) in [6, 6.07) is 6.47. The van der Waals surface area contributed by atoms with E-state index in [0.29, 0.717) is 23.6 Å². The molecule has 0 unspecified atom stereocenters. The first kappa shape index (κ1) is 14.5. The Labute approximate surface area is 121 Å². The second kappa shape index (κ2) is 6.51. The average molecular weight is 288 g/mol. The zero-order chi connectivity index (χ0) is 15.2. The number of carbonyl (C=O) groups is 2. The van der Waals surface area contributed by atoms with Crippen LogP contribution in [0.15, 0.2) is 30.6 Å². The molecule has 0 aliphatic heterocycles. The van der Waals surface area contributed by atoms with Gasteiger partial charge >= 0.3 is 0 Å². The van der Waals surface area contributed by atoms with Crippen molar-refractivity contribution in [3.05, 3.63) is 42.0 Å². The number of H-pyrrole nitrogens is 1. The van der Waals surface area contributed by atoms with Crippen molar-refractivity contribution in [3.8, 4) is 0 Å². The van der Waals surface area contributed by atoms with Gasteiger partial charge in [0.25, 0.3) is 5.91 Å². The summed E-state index contributed by atoms with van der Waals surface area (Å²) < 4.78 is 0. The van der Waals surface area contributed by atoms with Gasteiger partial charge in [-0.2, -0.15) is 5.10 Å². The summed E-state index contributed by atoms with van der Waals surface area (Å²) in [7, 11) is 1.63. The molecule has 0 radical (unpaired) electrons. The van der Waals surface area contributed by atoms with Crippen LogP contribution in [-0.2, 0) is 11.3 Å². The van der Waals surface area contributed by atoms with Crippen LogP contribution >= 0.6 is 0 Å². The number of hydrogen-bond acceptors (Lipinski definition) is 5. The molecule has 2 amide bonds. The lowest BCUT2D eigenvalue weighted by Gasteiger charge is -2.15. The van der Waals surface area contributed by atoms with Crippen molar-refractivity contribution in [2.24, 2.45) is 0 Å². The summed E-state index contributed by atoms with van der Waals surface area (Å²) in [6.45, 7) is 0.213. The first-order valence-corrected chi connectivity index (χ1v) is 6.28. The highest BCUT2D eigenvalue weighted by Gasteiger charge is 2.12. The molecule has 21 heavy (non-hydrogen) atoms. The predicted octanol–water partition coefficient (Wildman–Crippen LogP) is -0.225. The number of aromatic nitrogens is 3. The van der Waals surface area contributed by atoms with Crippen LogP contribution in [0.25, 0.3) is 0 Å². The molecule has 0 saturated carbocycles. The molecular weight excluding hydrogens is 272 g/mol. The lowest BCUT2D eigenvalue weighted by molar-refractivity contribution is -0.129. The average Bonchev–Trinajstić information content (AvgIpc) is 2.98. The van der Waals surface area contributed by atoms with E-state index < -0.39 is 0 Å². The van der Waals surface area contributed by atoms with Gasteiger partial charge in [-0.3, -0.25) is 14.7 Å². The minimum Gasteiger partial charge on any atom is -0.399 e. The van der Waals surface area contributed by atoms with Crippen molar-refractivity contribution in [2.45, 2.75) is 6.54 Å². The Bertz CT molecular complexity index is 608. The molecule has 0 saturated heterocycles. The summed E-state index contributed by atoms with van der Waals surface area (Å²) in [5, 5.41) is 8.93. The number of nitrogens with zero attached hydrogens (tertiary/aromatic N) is 3. The predicted molar refractivity (Wildman–Crippen MR) is 76.0 cm³/mol. The molecule has 4 N–H and O–H groups in total. The number of aromatic amines is 1. The van der Waals surface area contributed by atoms with E-state index in [9.17, 15) is 9.59 Å². The monoisotopic (exact) mass is 288 g/mol. The van der Waals surface area contributed by atoms with Crippen molar-refractivity contribution < 1.29 is 9.59 Å². The van der Waals surface area contributed by atoms with Gasteiger partial charge in [0.15, 0.2) is 0 Å². The molecule has 0 aliphatic carbocycles. The van der Waals surface area contributed by atoms with Crippen molar-refractivity contribution in [2.75, 3.05) is 19.3 Å². The Kier molecular flexibility index (Phi) is 4.50. The van der Waals surface area contributed by atoms with E-state index in [-0.39, 0.29) is 18.4 Å². The van der Waals surface area contributed by atoms with Crippen LogP contribution in [0.3, 0.4) is 0 Å². The van der Waals surface area contributed by atoms with E-state index in [2.05, 4.69) is 20.5 Å². The van der Waals surface area contributed by atoms with Crippen molar-refractivity contribution in [1.29, 1.82) is 0 Å². The lowest BCUT2D eigenvalue weighted by atomic mass is 10.2. The maximum Gasteiger partial charge on any atom is 0.251 e. The highest BCUT2D eigenvalue weighted by molar-refractivity contribution is 5.96. The van der Waals surface area contributed by atoms with Gasteiger partial charge in [0.1, 0.15) is 12.2 Å². The molecule has 1 aromatic heterocycles. The number of carbonyl (C=O) groups excluding carboxylic acids is 2. The smallest absolute Gasteiger partial charge is 0.251 e.